The molecule has 1 rings (SSSR count). The molecule has 2 nitrogen and oxygen atoms in total. The Labute approximate surface area is 61.2 Å². The van der Waals surface area contributed by atoms with Crippen molar-refractivity contribution in [3.8, 4) is 0 Å². The van der Waals surface area contributed by atoms with Gasteiger partial charge in [-0.2, -0.15) is 0 Å². The van der Waals surface area contributed by atoms with Crippen LogP contribution in [-0.4, -0.2) is 22.4 Å². The van der Waals surface area contributed by atoms with Gasteiger partial charge in [0.25, 0.3) is 0 Å². The van der Waals surface area contributed by atoms with Crippen molar-refractivity contribution in [3.05, 3.63) is 12.2 Å². The molecule has 2 heteroatoms. The Hall–Kier alpha value is -0.340. The fourth-order valence-corrected chi connectivity index (χ4v) is 1.36. The molecule has 58 valence electrons. The van der Waals surface area contributed by atoms with Gasteiger partial charge in [-0.3, -0.25) is 0 Å². The highest BCUT2D eigenvalue weighted by Crippen LogP contribution is 2.31. The Morgan fingerprint density at radius 2 is 2.20 bits per heavy atom. The second-order valence-electron chi connectivity index (χ2n) is 3.00. The summed E-state index contributed by atoms with van der Waals surface area (Å²) >= 11 is 0. The van der Waals surface area contributed by atoms with Gasteiger partial charge in [0.05, 0.1) is 6.61 Å². The quantitative estimate of drug-likeness (QED) is 0.533. The predicted octanol–water partition coefficient (Wildman–Crippen LogP) is 0.840. The molecule has 0 bridgehead atoms. The van der Waals surface area contributed by atoms with Crippen LogP contribution in [0.15, 0.2) is 12.2 Å². The number of aliphatic hydroxyl groups excluding tert-OH is 1. The number of hydrogen-bond donors (Lipinski definition) is 2. The molecule has 0 aliphatic heterocycles. The molecule has 0 unspecified atom stereocenters. The Balaban J connectivity index is 2.63. The van der Waals surface area contributed by atoms with Gasteiger partial charge in [-0.05, 0) is 31.3 Å². The molecule has 0 heterocycles. The molecule has 0 radical (unpaired) electrons. The van der Waals surface area contributed by atoms with E-state index in [0.717, 1.165) is 24.8 Å². The fraction of sp³-hybridized carbons (Fsp3) is 0.750. The van der Waals surface area contributed by atoms with E-state index in [2.05, 4.69) is 6.58 Å². The lowest BCUT2D eigenvalue weighted by molar-refractivity contribution is -0.00195. The van der Waals surface area contributed by atoms with E-state index in [1.54, 1.807) is 0 Å². The third-order valence-corrected chi connectivity index (χ3v) is 2.24. The first-order valence-electron chi connectivity index (χ1n) is 3.70. The summed E-state index contributed by atoms with van der Waals surface area (Å²) in [6.07, 6.45) is 3.62. The van der Waals surface area contributed by atoms with E-state index >= 15 is 0 Å². The summed E-state index contributed by atoms with van der Waals surface area (Å²) in [6, 6.07) is 0. The minimum absolute atomic E-state index is 0.175. The average molecular weight is 142 g/mol. The maximum atomic E-state index is 9.60. The minimum atomic E-state index is -0.960. The lowest BCUT2D eigenvalue weighted by Gasteiger charge is -2.32. The fourth-order valence-electron chi connectivity index (χ4n) is 1.36. The van der Waals surface area contributed by atoms with E-state index in [0.29, 0.717) is 6.42 Å². The second-order valence-corrected chi connectivity index (χ2v) is 3.00. The molecule has 0 aromatic carbocycles. The Morgan fingerprint density at radius 3 is 2.60 bits per heavy atom. The Kier molecular flexibility index (Phi) is 2.11. The summed E-state index contributed by atoms with van der Waals surface area (Å²) in [4.78, 5) is 0. The molecule has 1 atom stereocenters. The highest BCUT2D eigenvalue weighted by molar-refractivity contribution is 5.14. The maximum Gasteiger partial charge on any atom is 0.108 e. The van der Waals surface area contributed by atoms with Gasteiger partial charge in [0.1, 0.15) is 5.60 Å². The SMILES string of the molecule is C=C1CCCC[C@]1(O)CO. The summed E-state index contributed by atoms with van der Waals surface area (Å²) < 4.78 is 0. The molecule has 0 spiro atoms. The molecular weight excluding hydrogens is 128 g/mol. The molecule has 1 aliphatic carbocycles. The van der Waals surface area contributed by atoms with E-state index in [4.69, 9.17) is 5.11 Å². The molecule has 1 fully saturated rings. The third kappa shape index (κ3) is 1.22. The predicted molar refractivity (Wildman–Crippen MR) is 39.6 cm³/mol. The van der Waals surface area contributed by atoms with Crippen LogP contribution >= 0.6 is 0 Å². The van der Waals surface area contributed by atoms with Crippen molar-refractivity contribution in [2.75, 3.05) is 6.61 Å². The van der Waals surface area contributed by atoms with E-state index in [1.165, 1.54) is 0 Å². The van der Waals surface area contributed by atoms with Crippen LogP contribution in [0, 0.1) is 0 Å². The smallest absolute Gasteiger partial charge is 0.108 e. The van der Waals surface area contributed by atoms with Gasteiger partial charge in [-0.15, -0.1) is 0 Å². The molecule has 2 N–H and O–H groups in total. The van der Waals surface area contributed by atoms with Gasteiger partial charge in [0, 0.05) is 0 Å². The summed E-state index contributed by atoms with van der Waals surface area (Å²) in [5.41, 5.74) is -0.167. The number of aliphatic hydroxyl groups is 2. The zero-order valence-corrected chi connectivity index (χ0v) is 6.14. The van der Waals surface area contributed by atoms with Crippen LogP contribution in [0.5, 0.6) is 0 Å². The van der Waals surface area contributed by atoms with Gasteiger partial charge in [0.15, 0.2) is 0 Å². The third-order valence-electron chi connectivity index (χ3n) is 2.24. The topological polar surface area (TPSA) is 40.5 Å². The second kappa shape index (κ2) is 2.72. The van der Waals surface area contributed by atoms with Crippen LogP contribution in [0.1, 0.15) is 25.7 Å². The minimum Gasteiger partial charge on any atom is -0.393 e. The first-order valence-corrected chi connectivity index (χ1v) is 3.70. The van der Waals surface area contributed by atoms with E-state index < -0.39 is 5.60 Å². The molecule has 1 aliphatic rings. The highest BCUT2D eigenvalue weighted by atomic mass is 16.3. The van der Waals surface area contributed by atoms with Crippen molar-refractivity contribution in [1.29, 1.82) is 0 Å². The summed E-state index contributed by atoms with van der Waals surface area (Å²) in [7, 11) is 0. The average Bonchev–Trinajstić information content (AvgIpc) is 1.96. The zero-order valence-electron chi connectivity index (χ0n) is 6.14. The van der Waals surface area contributed by atoms with E-state index in [1.807, 2.05) is 0 Å². The normalized spacial score (nSPS) is 34.4. The largest absolute Gasteiger partial charge is 0.393 e. The Bertz CT molecular complexity index is 142. The lowest BCUT2D eigenvalue weighted by Crippen LogP contribution is -2.37. The molecule has 10 heavy (non-hydrogen) atoms. The van der Waals surface area contributed by atoms with Crippen LogP contribution in [0.4, 0.5) is 0 Å². The van der Waals surface area contributed by atoms with Crippen molar-refractivity contribution >= 4 is 0 Å². The van der Waals surface area contributed by atoms with Crippen LogP contribution in [0.3, 0.4) is 0 Å². The van der Waals surface area contributed by atoms with Gasteiger partial charge in [0.2, 0.25) is 0 Å². The molecule has 0 saturated heterocycles. The zero-order chi connectivity index (χ0) is 7.61. The first-order chi connectivity index (χ1) is 4.69. The summed E-state index contributed by atoms with van der Waals surface area (Å²) in [5.74, 6) is 0. The molecule has 0 aromatic rings. The van der Waals surface area contributed by atoms with E-state index in [9.17, 15) is 5.11 Å². The van der Waals surface area contributed by atoms with E-state index in [-0.39, 0.29) is 6.61 Å². The van der Waals surface area contributed by atoms with Crippen molar-refractivity contribution in [2.45, 2.75) is 31.3 Å². The van der Waals surface area contributed by atoms with Gasteiger partial charge >= 0.3 is 0 Å². The summed E-state index contributed by atoms with van der Waals surface area (Å²) in [5, 5.41) is 18.4. The molecule has 1 saturated carbocycles. The standard InChI is InChI=1S/C8H14O2/c1-7-4-2-3-5-8(7,10)6-9/h9-10H,1-6H2/t8-/m0/s1. The van der Waals surface area contributed by atoms with Gasteiger partial charge in [-0.25, -0.2) is 0 Å². The summed E-state index contributed by atoms with van der Waals surface area (Å²) in [6.45, 7) is 3.55. The number of hydrogen-bond acceptors (Lipinski definition) is 2. The van der Waals surface area contributed by atoms with Gasteiger partial charge < -0.3 is 10.2 Å². The molecular formula is C8H14O2. The van der Waals surface area contributed by atoms with Gasteiger partial charge in [-0.1, -0.05) is 6.58 Å². The van der Waals surface area contributed by atoms with Crippen molar-refractivity contribution < 1.29 is 10.2 Å². The van der Waals surface area contributed by atoms with Crippen molar-refractivity contribution in [1.82, 2.24) is 0 Å². The monoisotopic (exact) mass is 142 g/mol. The molecule has 0 amide bonds. The highest BCUT2D eigenvalue weighted by Gasteiger charge is 2.31. The van der Waals surface area contributed by atoms with Crippen LogP contribution in [0.25, 0.3) is 0 Å². The van der Waals surface area contributed by atoms with Crippen LogP contribution in [-0.2, 0) is 0 Å². The van der Waals surface area contributed by atoms with Crippen molar-refractivity contribution in [2.24, 2.45) is 0 Å². The maximum absolute atomic E-state index is 9.60. The number of rotatable bonds is 1. The van der Waals surface area contributed by atoms with Crippen LogP contribution in [0.2, 0.25) is 0 Å². The first kappa shape index (κ1) is 7.76. The molecule has 0 aromatic heterocycles. The van der Waals surface area contributed by atoms with Crippen LogP contribution < -0.4 is 0 Å². The Morgan fingerprint density at radius 1 is 1.50 bits per heavy atom. The lowest BCUT2D eigenvalue weighted by atomic mass is 9.82. The van der Waals surface area contributed by atoms with Crippen molar-refractivity contribution in [3.63, 3.8) is 0 Å².